The van der Waals surface area contributed by atoms with Crippen molar-refractivity contribution in [3.63, 3.8) is 0 Å². The minimum absolute atomic E-state index is 0.432. The lowest BCUT2D eigenvalue weighted by atomic mass is 10.3. The molecule has 0 aliphatic rings. The van der Waals surface area contributed by atoms with Gasteiger partial charge in [-0.25, -0.2) is 15.8 Å². The van der Waals surface area contributed by atoms with Crippen LogP contribution in [0.2, 0.25) is 0 Å². The molecule has 0 aromatic carbocycles. The first-order valence-electron chi connectivity index (χ1n) is 5.33. The number of rotatable bonds is 5. The Balaban J connectivity index is 2.14. The van der Waals surface area contributed by atoms with Crippen molar-refractivity contribution in [3.05, 3.63) is 36.4 Å². The van der Waals surface area contributed by atoms with Gasteiger partial charge in [0.05, 0.1) is 7.11 Å². The number of aromatic nitrogens is 3. The summed E-state index contributed by atoms with van der Waals surface area (Å²) in [5.74, 6) is 6.83. The van der Waals surface area contributed by atoms with Crippen LogP contribution in [0.4, 0.5) is 11.6 Å². The molecule has 7 nitrogen and oxygen atoms in total. The number of nitrogens with two attached hydrogens (primary N) is 1. The third kappa shape index (κ3) is 2.64. The van der Waals surface area contributed by atoms with Gasteiger partial charge in [0, 0.05) is 18.9 Å². The van der Waals surface area contributed by atoms with Crippen LogP contribution >= 0.6 is 0 Å². The number of hydrogen-bond donors (Lipinski definition) is 3. The topological polar surface area (TPSA) is 98.0 Å². The Morgan fingerprint density at radius 2 is 2.17 bits per heavy atom. The first-order chi connectivity index (χ1) is 8.85. The lowest BCUT2D eigenvalue weighted by Gasteiger charge is -2.12. The Morgan fingerprint density at radius 1 is 1.33 bits per heavy atom. The fourth-order valence-electron chi connectivity index (χ4n) is 1.48. The molecule has 0 fully saturated rings. The Bertz CT molecular complexity index is 504. The van der Waals surface area contributed by atoms with Gasteiger partial charge in [0.1, 0.15) is 6.33 Å². The number of hydrazine groups is 1. The number of methoxy groups -OCH3 is 1. The maximum atomic E-state index is 5.34. The molecule has 0 amide bonds. The predicted octanol–water partition coefficient (Wildman–Crippen LogP) is 0.778. The molecule has 2 aromatic heterocycles. The Labute approximate surface area is 104 Å². The number of pyridine rings is 1. The number of nitrogen functional groups attached to an aromatic ring is 1. The summed E-state index contributed by atoms with van der Waals surface area (Å²) in [6.07, 6.45) is 4.91. The first kappa shape index (κ1) is 12.1. The molecule has 94 valence electrons. The van der Waals surface area contributed by atoms with Gasteiger partial charge in [-0.1, -0.05) is 6.07 Å². The summed E-state index contributed by atoms with van der Waals surface area (Å²) < 4.78 is 5.21. The minimum Gasteiger partial charge on any atom is -0.490 e. The van der Waals surface area contributed by atoms with Gasteiger partial charge in [-0.15, -0.1) is 0 Å². The normalized spacial score (nSPS) is 9.89. The monoisotopic (exact) mass is 246 g/mol. The molecule has 0 unspecified atom stereocenters. The molecule has 0 radical (unpaired) electrons. The van der Waals surface area contributed by atoms with Crippen LogP contribution in [0, 0.1) is 0 Å². The molecular weight excluding hydrogens is 232 g/mol. The zero-order valence-corrected chi connectivity index (χ0v) is 9.92. The molecule has 0 saturated carbocycles. The molecule has 2 rings (SSSR count). The number of hydrogen-bond acceptors (Lipinski definition) is 7. The van der Waals surface area contributed by atoms with Crippen LogP contribution in [-0.4, -0.2) is 22.1 Å². The third-order valence-electron chi connectivity index (χ3n) is 2.33. The lowest BCUT2D eigenvalue weighted by molar-refractivity contribution is 0.414. The summed E-state index contributed by atoms with van der Waals surface area (Å²) >= 11 is 0. The van der Waals surface area contributed by atoms with Gasteiger partial charge in [-0.2, -0.15) is 0 Å². The van der Waals surface area contributed by atoms with Gasteiger partial charge in [-0.3, -0.25) is 4.98 Å². The van der Waals surface area contributed by atoms with E-state index in [0.29, 0.717) is 23.9 Å². The molecule has 0 saturated heterocycles. The van der Waals surface area contributed by atoms with E-state index >= 15 is 0 Å². The first-order valence-corrected chi connectivity index (χ1v) is 5.33. The van der Waals surface area contributed by atoms with Crippen molar-refractivity contribution in [2.45, 2.75) is 6.54 Å². The average Bonchev–Trinajstić information content (AvgIpc) is 2.45. The summed E-state index contributed by atoms with van der Waals surface area (Å²) in [6, 6.07) is 3.84. The summed E-state index contributed by atoms with van der Waals surface area (Å²) in [5, 5.41) is 3.14. The number of nitrogens with one attached hydrogen (secondary N) is 2. The van der Waals surface area contributed by atoms with E-state index in [-0.39, 0.29) is 0 Å². The minimum atomic E-state index is 0.432. The smallest absolute Gasteiger partial charge is 0.205 e. The van der Waals surface area contributed by atoms with Gasteiger partial charge < -0.3 is 15.5 Å². The second-order valence-corrected chi connectivity index (χ2v) is 3.46. The van der Waals surface area contributed by atoms with E-state index in [1.54, 1.807) is 12.4 Å². The highest BCUT2D eigenvalue weighted by Crippen LogP contribution is 2.28. The molecule has 4 N–H and O–H groups in total. The molecule has 0 aliphatic carbocycles. The van der Waals surface area contributed by atoms with E-state index in [1.165, 1.54) is 13.4 Å². The molecule has 7 heteroatoms. The van der Waals surface area contributed by atoms with Crippen molar-refractivity contribution in [1.29, 1.82) is 0 Å². The summed E-state index contributed by atoms with van der Waals surface area (Å²) in [4.78, 5) is 12.1. The van der Waals surface area contributed by atoms with Crippen molar-refractivity contribution in [2.75, 3.05) is 17.9 Å². The van der Waals surface area contributed by atoms with Crippen LogP contribution in [0.3, 0.4) is 0 Å². The molecule has 0 atom stereocenters. The highest BCUT2D eigenvalue weighted by molar-refractivity contribution is 5.63. The Kier molecular flexibility index (Phi) is 3.87. The predicted molar refractivity (Wildman–Crippen MR) is 68.0 cm³/mol. The van der Waals surface area contributed by atoms with E-state index in [2.05, 4.69) is 25.7 Å². The zero-order chi connectivity index (χ0) is 12.8. The number of ether oxygens (including phenoxy) is 1. The van der Waals surface area contributed by atoms with Gasteiger partial charge in [0.2, 0.25) is 5.75 Å². The van der Waals surface area contributed by atoms with Crippen LogP contribution in [0.25, 0.3) is 0 Å². The van der Waals surface area contributed by atoms with Crippen molar-refractivity contribution in [2.24, 2.45) is 5.84 Å². The van der Waals surface area contributed by atoms with Gasteiger partial charge in [-0.05, 0) is 11.6 Å². The Hall–Kier alpha value is -2.41. The summed E-state index contributed by atoms with van der Waals surface area (Å²) in [5.41, 5.74) is 3.50. The molecule has 2 aromatic rings. The van der Waals surface area contributed by atoms with Crippen molar-refractivity contribution >= 4 is 11.6 Å². The molecule has 0 spiro atoms. The standard InChI is InChI=1S/C11H14N6O/c1-18-9-10(15-7-16-11(9)17-12)14-6-8-3-2-4-13-5-8/h2-5,7H,6,12H2,1H3,(H2,14,15,16,17). The van der Waals surface area contributed by atoms with Gasteiger partial charge >= 0.3 is 0 Å². The second kappa shape index (κ2) is 5.78. The van der Waals surface area contributed by atoms with Crippen LogP contribution in [0.15, 0.2) is 30.9 Å². The SMILES string of the molecule is COc1c(NN)ncnc1NCc1cccnc1. The van der Waals surface area contributed by atoms with Crippen molar-refractivity contribution in [1.82, 2.24) is 15.0 Å². The fraction of sp³-hybridized carbons (Fsp3) is 0.182. The number of nitrogens with zero attached hydrogens (tertiary/aromatic N) is 3. The highest BCUT2D eigenvalue weighted by atomic mass is 16.5. The molecule has 18 heavy (non-hydrogen) atoms. The zero-order valence-electron chi connectivity index (χ0n) is 9.92. The van der Waals surface area contributed by atoms with Gasteiger partial charge in [0.15, 0.2) is 11.6 Å². The summed E-state index contributed by atoms with van der Waals surface area (Å²) in [6.45, 7) is 0.589. The summed E-state index contributed by atoms with van der Waals surface area (Å²) in [7, 11) is 1.54. The van der Waals surface area contributed by atoms with E-state index in [4.69, 9.17) is 10.6 Å². The quantitative estimate of drug-likeness (QED) is 0.529. The van der Waals surface area contributed by atoms with Crippen molar-refractivity contribution < 1.29 is 4.74 Å². The molecule has 2 heterocycles. The fourth-order valence-corrected chi connectivity index (χ4v) is 1.48. The molecule has 0 bridgehead atoms. The lowest BCUT2D eigenvalue weighted by Crippen LogP contribution is -2.12. The Morgan fingerprint density at radius 3 is 2.83 bits per heavy atom. The van der Waals surface area contributed by atoms with Crippen molar-refractivity contribution in [3.8, 4) is 5.75 Å². The van der Waals surface area contributed by atoms with Crippen LogP contribution in [0.5, 0.6) is 5.75 Å². The largest absolute Gasteiger partial charge is 0.490 e. The number of anilines is 2. The van der Waals surface area contributed by atoms with Crippen LogP contribution in [-0.2, 0) is 6.54 Å². The second-order valence-electron chi connectivity index (χ2n) is 3.46. The average molecular weight is 246 g/mol. The molecule has 0 aliphatic heterocycles. The maximum Gasteiger partial charge on any atom is 0.205 e. The van der Waals surface area contributed by atoms with Crippen LogP contribution < -0.4 is 21.3 Å². The third-order valence-corrected chi connectivity index (χ3v) is 2.33. The van der Waals surface area contributed by atoms with Crippen LogP contribution in [0.1, 0.15) is 5.56 Å². The molecular formula is C11H14N6O. The van der Waals surface area contributed by atoms with Gasteiger partial charge in [0.25, 0.3) is 0 Å². The van der Waals surface area contributed by atoms with E-state index < -0.39 is 0 Å². The van der Waals surface area contributed by atoms with E-state index in [0.717, 1.165) is 5.56 Å². The highest BCUT2D eigenvalue weighted by Gasteiger charge is 2.10. The van der Waals surface area contributed by atoms with E-state index in [1.807, 2.05) is 12.1 Å². The van der Waals surface area contributed by atoms with E-state index in [9.17, 15) is 0 Å². The maximum absolute atomic E-state index is 5.34.